The number of rotatable bonds is 6. The third kappa shape index (κ3) is 4.89. The van der Waals surface area contributed by atoms with Gasteiger partial charge in [0.1, 0.15) is 0 Å². The first kappa shape index (κ1) is 13.6. The minimum atomic E-state index is 0.0525. The molecule has 2 N–H and O–H groups in total. The summed E-state index contributed by atoms with van der Waals surface area (Å²) >= 11 is 0. The van der Waals surface area contributed by atoms with Gasteiger partial charge in [-0.05, 0) is 43.5 Å². The van der Waals surface area contributed by atoms with E-state index in [4.69, 9.17) is 0 Å². The Balaban J connectivity index is 2.34. The van der Waals surface area contributed by atoms with Crippen LogP contribution < -0.4 is 10.6 Å². The van der Waals surface area contributed by atoms with E-state index in [0.29, 0.717) is 6.54 Å². The minimum Gasteiger partial charge on any atom is -0.376 e. The highest BCUT2D eigenvalue weighted by Crippen LogP contribution is 2.13. The van der Waals surface area contributed by atoms with Crippen molar-refractivity contribution in [2.45, 2.75) is 33.6 Å². The van der Waals surface area contributed by atoms with Gasteiger partial charge in [-0.1, -0.05) is 19.4 Å². The third-order valence-electron chi connectivity index (χ3n) is 2.81. The van der Waals surface area contributed by atoms with Gasteiger partial charge in [-0.3, -0.25) is 4.79 Å². The summed E-state index contributed by atoms with van der Waals surface area (Å²) in [5, 5.41) is 6.01. The number of hydrogen-bond acceptors (Lipinski definition) is 2. The summed E-state index contributed by atoms with van der Waals surface area (Å²) in [5.41, 5.74) is 3.50. The van der Waals surface area contributed by atoms with Gasteiger partial charge in [0.25, 0.3) is 0 Å². The number of amides is 1. The van der Waals surface area contributed by atoms with Gasteiger partial charge in [-0.25, -0.2) is 0 Å². The van der Waals surface area contributed by atoms with Gasteiger partial charge < -0.3 is 10.6 Å². The average Bonchev–Trinajstić information content (AvgIpc) is 2.31. The van der Waals surface area contributed by atoms with Crippen molar-refractivity contribution in [3.8, 4) is 0 Å². The maximum absolute atomic E-state index is 11.5. The first-order valence-electron chi connectivity index (χ1n) is 6.21. The summed E-state index contributed by atoms with van der Waals surface area (Å²) in [5.74, 6) is 0.0525. The van der Waals surface area contributed by atoms with E-state index in [2.05, 4.69) is 43.5 Å². The number of hydrogen-bond donors (Lipinski definition) is 2. The van der Waals surface area contributed by atoms with Gasteiger partial charge in [0.05, 0.1) is 6.54 Å². The molecule has 17 heavy (non-hydrogen) atoms. The lowest BCUT2D eigenvalue weighted by molar-refractivity contribution is -0.119. The number of carbonyl (C=O) groups is 1. The van der Waals surface area contributed by atoms with E-state index in [1.807, 2.05) is 6.07 Å². The van der Waals surface area contributed by atoms with Crippen molar-refractivity contribution in [3.05, 3.63) is 29.3 Å². The SMILES string of the molecule is CCCCNC(=O)CNc1ccc(C)c(C)c1. The number of nitrogens with one attached hydrogen (secondary N) is 2. The predicted octanol–water partition coefficient (Wildman–Crippen LogP) is 2.63. The van der Waals surface area contributed by atoms with E-state index in [9.17, 15) is 4.79 Å². The molecular weight excluding hydrogens is 212 g/mol. The van der Waals surface area contributed by atoms with E-state index in [-0.39, 0.29) is 5.91 Å². The number of carbonyl (C=O) groups excluding carboxylic acids is 1. The largest absolute Gasteiger partial charge is 0.376 e. The van der Waals surface area contributed by atoms with Crippen molar-refractivity contribution in [1.82, 2.24) is 5.32 Å². The molecule has 94 valence electrons. The van der Waals surface area contributed by atoms with Crippen molar-refractivity contribution >= 4 is 11.6 Å². The molecule has 3 heteroatoms. The lowest BCUT2D eigenvalue weighted by Gasteiger charge is -2.09. The Morgan fingerprint density at radius 1 is 1.24 bits per heavy atom. The molecule has 1 aromatic rings. The quantitative estimate of drug-likeness (QED) is 0.743. The number of unbranched alkanes of at least 4 members (excludes halogenated alkanes) is 1. The number of aryl methyl sites for hydroxylation is 2. The fraction of sp³-hybridized carbons (Fsp3) is 0.500. The van der Waals surface area contributed by atoms with Crippen molar-refractivity contribution in [3.63, 3.8) is 0 Å². The Bertz CT molecular complexity index is 374. The topological polar surface area (TPSA) is 41.1 Å². The van der Waals surface area contributed by atoms with Crippen LogP contribution in [0.3, 0.4) is 0 Å². The second-order valence-corrected chi connectivity index (χ2v) is 4.36. The van der Waals surface area contributed by atoms with Crippen LogP contribution in [0, 0.1) is 13.8 Å². The highest BCUT2D eigenvalue weighted by Gasteiger charge is 2.00. The second-order valence-electron chi connectivity index (χ2n) is 4.36. The maximum Gasteiger partial charge on any atom is 0.239 e. The van der Waals surface area contributed by atoms with Crippen molar-refractivity contribution < 1.29 is 4.79 Å². The van der Waals surface area contributed by atoms with E-state index in [1.54, 1.807) is 0 Å². The van der Waals surface area contributed by atoms with Gasteiger partial charge >= 0.3 is 0 Å². The molecule has 1 amide bonds. The smallest absolute Gasteiger partial charge is 0.239 e. The molecule has 0 fully saturated rings. The number of benzene rings is 1. The molecule has 1 rings (SSSR count). The number of anilines is 1. The lowest BCUT2D eigenvalue weighted by Crippen LogP contribution is -2.30. The van der Waals surface area contributed by atoms with Crippen LogP contribution in [0.1, 0.15) is 30.9 Å². The highest BCUT2D eigenvalue weighted by atomic mass is 16.1. The van der Waals surface area contributed by atoms with Crippen LogP contribution in [0.4, 0.5) is 5.69 Å². The molecule has 0 saturated carbocycles. The van der Waals surface area contributed by atoms with E-state index >= 15 is 0 Å². The molecule has 0 radical (unpaired) electrons. The Morgan fingerprint density at radius 2 is 2.00 bits per heavy atom. The molecule has 0 aliphatic heterocycles. The Labute approximate surface area is 104 Å². The van der Waals surface area contributed by atoms with Crippen molar-refractivity contribution in [2.24, 2.45) is 0 Å². The fourth-order valence-electron chi connectivity index (χ4n) is 1.50. The van der Waals surface area contributed by atoms with Crippen LogP contribution in [-0.4, -0.2) is 19.0 Å². The fourth-order valence-corrected chi connectivity index (χ4v) is 1.50. The van der Waals surface area contributed by atoms with Crippen LogP contribution in [0.15, 0.2) is 18.2 Å². The molecule has 0 heterocycles. The summed E-state index contributed by atoms with van der Waals surface area (Å²) in [6.45, 7) is 7.37. The van der Waals surface area contributed by atoms with E-state index in [1.165, 1.54) is 11.1 Å². The summed E-state index contributed by atoms with van der Waals surface area (Å²) in [4.78, 5) is 11.5. The second kappa shape index (κ2) is 6.94. The molecular formula is C14H22N2O. The molecule has 0 aliphatic rings. The molecule has 0 bridgehead atoms. The summed E-state index contributed by atoms with van der Waals surface area (Å²) in [6, 6.07) is 6.13. The van der Waals surface area contributed by atoms with Crippen LogP contribution >= 0.6 is 0 Å². The van der Waals surface area contributed by atoms with Crippen LogP contribution in [0.5, 0.6) is 0 Å². The molecule has 0 aliphatic carbocycles. The Kier molecular flexibility index (Phi) is 5.53. The Hall–Kier alpha value is -1.51. The maximum atomic E-state index is 11.5. The zero-order chi connectivity index (χ0) is 12.7. The third-order valence-corrected chi connectivity index (χ3v) is 2.81. The molecule has 1 aromatic carbocycles. The molecule has 3 nitrogen and oxygen atoms in total. The van der Waals surface area contributed by atoms with Crippen molar-refractivity contribution in [1.29, 1.82) is 0 Å². The molecule has 0 spiro atoms. The summed E-state index contributed by atoms with van der Waals surface area (Å²) < 4.78 is 0. The summed E-state index contributed by atoms with van der Waals surface area (Å²) in [7, 11) is 0. The molecule has 0 atom stereocenters. The predicted molar refractivity (Wildman–Crippen MR) is 72.3 cm³/mol. The van der Waals surface area contributed by atoms with Gasteiger partial charge in [-0.15, -0.1) is 0 Å². The minimum absolute atomic E-state index is 0.0525. The van der Waals surface area contributed by atoms with Gasteiger partial charge in [0.15, 0.2) is 0 Å². The van der Waals surface area contributed by atoms with Crippen LogP contribution in [0.25, 0.3) is 0 Å². The molecule has 0 aromatic heterocycles. The van der Waals surface area contributed by atoms with Gasteiger partial charge in [-0.2, -0.15) is 0 Å². The molecule has 0 unspecified atom stereocenters. The first-order chi connectivity index (χ1) is 8.13. The zero-order valence-corrected chi connectivity index (χ0v) is 11.0. The highest BCUT2D eigenvalue weighted by molar-refractivity contribution is 5.80. The monoisotopic (exact) mass is 234 g/mol. The normalized spacial score (nSPS) is 10.1. The van der Waals surface area contributed by atoms with Gasteiger partial charge in [0.2, 0.25) is 5.91 Å². The first-order valence-corrected chi connectivity index (χ1v) is 6.21. The molecule has 0 saturated heterocycles. The van der Waals surface area contributed by atoms with Crippen molar-refractivity contribution in [2.75, 3.05) is 18.4 Å². The van der Waals surface area contributed by atoms with E-state index in [0.717, 1.165) is 25.1 Å². The lowest BCUT2D eigenvalue weighted by atomic mass is 10.1. The van der Waals surface area contributed by atoms with Crippen LogP contribution in [-0.2, 0) is 4.79 Å². The standard InChI is InChI=1S/C14H22N2O/c1-4-5-8-15-14(17)10-16-13-7-6-11(2)12(3)9-13/h6-7,9,16H,4-5,8,10H2,1-3H3,(H,15,17). The Morgan fingerprint density at radius 3 is 2.65 bits per heavy atom. The van der Waals surface area contributed by atoms with E-state index < -0.39 is 0 Å². The van der Waals surface area contributed by atoms with Gasteiger partial charge in [0, 0.05) is 12.2 Å². The summed E-state index contributed by atoms with van der Waals surface area (Å²) in [6.07, 6.45) is 2.14. The van der Waals surface area contributed by atoms with Crippen LogP contribution in [0.2, 0.25) is 0 Å². The zero-order valence-electron chi connectivity index (χ0n) is 11.0. The average molecular weight is 234 g/mol.